The predicted molar refractivity (Wildman–Crippen MR) is 122 cm³/mol. The molecule has 3 aromatic rings. The van der Waals surface area contributed by atoms with E-state index in [1.807, 2.05) is 36.4 Å². The van der Waals surface area contributed by atoms with Crippen molar-refractivity contribution in [3.05, 3.63) is 95.6 Å². The van der Waals surface area contributed by atoms with Crippen LogP contribution in [0, 0.1) is 0 Å². The number of benzene rings is 3. The molecule has 0 spiro atoms. The molecule has 2 N–H and O–H groups in total. The van der Waals surface area contributed by atoms with Gasteiger partial charge in [-0.2, -0.15) is 0 Å². The number of hydrogen-bond donors (Lipinski definition) is 2. The molecule has 0 saturated carbocycles. The van der Waals surface area contributed by atoms with Gasteiger partial charge in [-0.1, -0.05) is 60.7 Å². The number of nitrogens with zero attached hydrogens (tertiary/aromatic N) is 1. The van der Waals surface area contributed by atoms with Crippen LogP contribution in [0.15, 0.2) is 88.8 Å². The second-order valence-electron chi connectivity index (χ2n) is 6.92. The van der Waals surface area contributed by atoms with E-state index in [0.29, 0.717) is 17.8 Å². The smallest absolute Gasteiger partial charge is 0.337 e. The number of fused-ring (bicyclic) bond motifs is 1. The number of hydrogen-bond acceptors (Lipinski definition) is 6. The first kappa shape index (κ1) is 20.7. The first-order valence-electron chi connectivity index (χ1n) is 9.77. The molecule has 0 atom stereocenters. The van der Waals surface area contributed by atoms with Crippen LogP contribution in [0.25, 0.3) is 0 Å². The summed E-state index contributed by atoms with van der Waals surface area (Å²) in [5.41, 5.74) is 3.32. The molecule has 31 heavy (non-hydrogen) atoms. The highest BCUT2D eigenvalue weighted by Crippen LogP contribution is 2.32. The molecule has 1 aliphatic heterocycles. The van der Waals surface area contributed by atoms with Gasteiger partial charge in [-0.3, -0.25) is 4.79 Å². The molecule has 0 unspecified atom stereocenters. The van der Waals surface area contributed by atoms with E-state index >= 15 is 0 Å². The van der Waals surface area contributed by atoms with Crippen LogP contribution in [-0.4, -0.2) is 31.4 Å². The first-order chi connectivity index (χ1) is 15.2. The Bertz CT molecular complexity index is 1080. The zero-order valence-corrected chi connectivity index (χ0v) is 17.7. The maximum absolute atomic E-state index is 12.8. The second kappa shape index (κ2) is 9.49. The lowest BCUT2D eigenvalue weighted by Gasteiger charge is -2.20. The monoisotopic (exact) mass is 431 g/mol. The van der Waals surface area contributed by atoms with Gasteiger partial charge < -0.3 is 14.8 Å². The normalized spacial score (nSPS) is 12.4. The van der Waals surface area contributed by atoms with E-state index < -0.39 is 5.97 Å². The van der Waals surface area contributed by atoms with Crippen LogP contribution in [0.4, 0.5) is 5.69 Å². The summed E-state index contributed by atoms with van der Waals surface area (Å²) in [6.45, 7) is 0.437. The summed E-state index contributed by atoms with van der Waals surface area (Å²) in [6.07, 6.45) is 0. The van der Waals surface area contributed by atoms with Crippen LogP contribution in [0.5, 0.6) is 0 Å². The van der Waals surface area contributed by atoms with Crippen molar-refractivity contribution in [1.82, 2.24) is 10.0 Å². The van der Waals surface area contributed by atoms with Gasteiger partial charge in [0.1, 0.15) is 0 Å². The molecule has 1 amide bonds. The van der Waals surface area contributed by atoms with Gasteiger partial charge >= 0.3 is 5.97 Å². The molecule has 0 fully saturated rings. The number of ether oxygens (including phenoxy) is 1. The fraction of sp³-hybridized carbons (Fsp3) is 0.125. The third-order valence-electron chi connectivity index (χ3n) is 4.96. The summed E-state index contributed by atoms with van der Waals surface area (Å²) < 4.78 is 7.71. The van der Waals surface area contributed by atoms with Crippen LogP contribution in [0.3, 0.4) is 0 Å². The number of amides is 1. The summed E-state index contributed by atoms with van der Waals surface area (Å²) in [5, 5.41) is 3.00. The number of esters is 1. The third kappa shape index (κ3) is 4.78. The van der Waals surface area contributed by atoms with Crippen LogP contribution in [0.1, 0.15) is 27.4 Å². The number of carbonyl (C=O) groups is 2. The molecule has 0 aromatic heterocycles. The van der Waals surface area contributed by atoms with Crippen LogP contribution in [-0.2, 0) is 9.53 Å². The second-order valence-corrected chi connectivity index (χ2v) is 7.77. The summed E-state index contributed by atoms with van der Waals surface area (Å²) in [6, 6.07) is 25.2. The summed E-state index contributed by atoms with van der Waals surface area (Å²) >= 11 is 1.24. The van der Waals surface area contributed by atoms with Gasteiger partial charge in [0, 0.05) is 12.5 Å². The SMILES string of the molecule is COC(=O)c1ccc2c(c1)SNC(C(=O)NCC(c1ccccc1)c1ccccc1)=N2. The van der Waals surface area contributed by atoms with E-state index in [9.17, 15) is 9.59 Å². The van der Waals surface area contributed by atoms with E-state index in [1.165, 1.54) is 19.1 Å². The molecule has 1 heterocycles. The number of nitrogens with one attached hydrogen (secondary N) is 2. The molecule has 7 heteroatoms. The Balaban J connectivity index is 1.50. The van der Waals surface area contributed by atoms with Gasteiger partial charge in [-0.05, 0) is 41.3 Å². The number of amidine groups is 1. The summed E-state index contributed by atoms with van der Waals surface area (Å²) in [5.74, 6) is -0.447. The Morgan fingerprint density at radius 2 is 1.65 bits per heavy atom. The highest BCUT2D eigenvalue weighted by molar-refractivity contribution is 7.98. The van der Waals surface area contributed by atoms with Crippen molar-refractivity contribution in [2.24, 2.45) is 4.99 Å². The molecule has 0 saturated heterocycles. The zero-order valence-electron chi connectivity index (χ0n) is 16.9. The van der Waals surface area contributed by atoms with Crippen LogP contribution in [0.2, 0.25) is 0 Å². The fourth-order valence-corrected chi connectivity index (χ4v) is 4.10. The van der Waals surface area contributed by atoms with E-state index in [-0.39, 0.29) is 17.7 Å². The lowest BCUT2D eigenvalue weighted by Crippen LogP contribution is -2.40. The van der Waals surface area contributed by atoms with Crippen molar-refractivity contribution in [2.75, 3.05) is 13.7 Å². The van der Waals surface area contributed by atoms with E-state index in [1.54, 1.807) is 18.2 Å². The summed E-state index contributed by atoms with van der Waals surface area (Å²) in [7, 11) is 1.34. The van der Waals surface area contributed by atoms with Gasteiger partial charge in [0.2, 0.25) is 5.84 Å². The number of rotatable bonds is 6. The van der Waals surface area contributed by atoms with Crippen LogP contribution >= 0.6 is 11.9 Å². The molecular weight excluding hydrogens is 410 g/mol. The first-order valence-corrected chi connectivity index (χ1v) is 10.6. The minimum Gasteiger partial charge on any atom is -0.465 e. The van der Waals surface area contributed by atoms with E-state index in [2.05, 4.69) is 39.3 Å². The van der Waals surface area contributed by atoms with E-state index in [4.69, 9.17) is 4.74 Å². The molecule has 3 aromatic carbocycles. The minimum atomic E-state index is -0.413. The van der Waals surface area contributed by atoms with Crippen molar-refractivity contribution in [1.29, 1.82) is 0 Å². The predicted octanol–water partition coefficient (Wildman–Crippen LogP) is 4.06. The average Bonchev–Trinajstić information content (AvgIpc) is 2.84. The average molecular weight is 432 g/mol. The van der Waals surface area contributed by atoms with Crippen molar-refractivity contribution in [2.45, 2.75) is 10.8 Å². The highest BCUT2D eigenvalue weighted by atomic mass is 32.2. The standard InChI is InChI=1S/C24H21N3O3S/c1-30-24(29)18-12-13-20-21(14-18)31-27-22(26-20)23(28)25-15-19(16-8-4-2-5-9-16)17-10-6-3-7-11-17/h2-14,19H,15H2,1H3,(H,25,28)(H,26,27). The van der Waals surface area contributed by atoms with Crippen LogP contribution < -0.4 is 10.0 Å². The number of methoxy groups -OCH3 is 1. The molecule has 0 aliphatic carbocycles. The topological polar surface area (TPSA) is 79.8 Å². The van der Waals surface area contributed by atoms with Crippen molar-refractivity contribution in [3.63, 3.8) is 0 Å². The maximum atomic E-state index is 12.8. The molecule has 6 nitrogen and oxygen atoms in total. The van der Waals surface area contributed by atoms with Gasteiger partial charge in [-0.15, -0.1) is 0 Å². The molecule has 156 valence electrons. The fourth-order valence-electron chi connectivity index (χ4n) is 3.35. The van der Waals surface area contributed by atoms with Gasteiger partial charge in [0.25, 0.3) is 5.91 Å². The van der Waals surface area contributed by atoms with Crippen molar-refractivity contribution >= 4 is 35.3 Å². The van der Waals surface area contributed by atoms with Gasteiger partial charge in [-0.25, -0.2) is 9.79 Å². The minimum absolute atomic E-state index is 0.0260. The Morgan fingerprint density at radius 1 is 1.00 bits per heavy atom. The quantitative estimate of drug-likeness (QED) is 0.454. The lowest BCUT2D eigenvalue weighted by molar-refractivity contribution is -0.115. The number of aliphatic imine (C=N–C) groups is 1. The summed E-state index contributed by atoms with van der Waals surface area (Å²) in [4.78, 5) is 29.7. The highest BCUT2D eigenvalue weighted by Gasteiger charge is 2.22. The Kier molecular flexibility index (Phi) is 6.33. The van der Waals surface area contributed by atoms with Gasteiger partial charge in [0.15, 0.2) is 0 Å². The molecule has 4 rings (SSSR count). The Labute approximate surface area is 184 Å². The van der Waals surface area contributed by atoms with Gasteiger partial charge in [0.05, 0.1) is 23.3 Å². The van der Waals surface area contributed by atoms with Crippen molar-refractivity contribution < 1.29 is 14.3 Å². The van der Waals surface area contributed by atoms with E-state index in [0.717, 1.165) is 16.0 Å². The Hall–Kier alpha value is -3.58. The Morgan fingerprint density at radius 3 is 2.26 bits per heavy atom. The molecule has 0 bridgehead atoms. The molecular formula is C24H21N3O3S. The zero-order chi connectivity index (χ0) is 21.6. The number of carbonyl (C=O) groups excluding carboxylic acids is 2. The largest absolute Gasteiger partial charge is 0.465 e. The maximum Gasteiger partial charge on any atom is 0.337 e. The molecule has 1 aliphatic rings. The molecule has 0 radical (unpaired) electrons. The van der Waals surface area contributed by atoms with Crippen molar-refractivity contribution in [3.8, 4) is 0 Å². The lowest BCUT2D eigenvalue weighted by atomic mass is 9.91. The third-order valence-corrected chi connectivity index (χ3v) is 5.80.